The molecular formula is C22H26N2O4S. The maximum atomic E-state index is 8.56. The first-order valence-electron chi connectivity index (χ1n) is 9.88. The first-order valence-corrected chi connectivity index (χ1v) is 10.7. The second kappa shape index (κ2) is 10.8. The number of fused-ring (bicyclic) bond motifs is 1. The van der Waals surface area contributed by atoms with Crippen LogP contribution in [0.2, 0.25) is 0 Å². The van der Waals surface area contributed by atoms with Gasteiger partial charge in [0.15, 0.2) is 0 Å². The van der Waals surface area contributed by atoms with Gasteiger partial charge in [-0.15, -0.1) is 0 Å². The lowest BCUT2D eigenvalue weighted by Gasteiger charge is -2.22. The van der Waals surface area contributed by atoms with Crippen molar-refractivity contribution in [3.8, 4) is 10.9 Å². The molecule has 2 aromatic carbocycles. The molecule has 29 heavy (non-hydrogen) atoms. The lowest BCUT2D eigenvalue weighted by atomic mass is 9.95. The monoisotopic (exact) mass is 414 g/mol. The molecule has 0 amide bonds. The third kappa shape index (κ3) is 7.03. The molecule has 0 radical (unpaired) electrons. The highest BCUT2D eigenvalue weighted by Crippen LogP contribution is 2.31. The molecule has 1 aliphatic carbocycles. The summed E-state index contributed by atoms with van der Waals surface area (Å²) in [5.74, 6) is 0.850. The normalized spacial score (nSPS) is 14.2. The van der Waals surface area contributed by atoms with Gasteiger partial charge in [0.1, 0.15) is 5.75 Å². The predicted octanol–water partition coefficient (Wildman–Crippen LogP) is 5.78. The van der Waals surface area contributed by atoms with Crippen molar-refractivity contribution < 1.29 is 19.7 Å². The second-order valence-corrected chi connectivity index (χ2v) is 8.01. The van der Waals surface area contributed by atoms with Crippen LogP contribution in [0, 0.1) is 0 Å². The molecular weight excluding hydrogens is 388 g/mol. The van der Waals surface area contributed by atoms with Crippen LogP contribution >= 0.6 is 11.3 Å². The van der Waals surface area contributed by atoms with Crippen molar-refractivity contribution in [1.29, 1.82) is 0 Å². The molecule has 154 valence electrons. The van der Waals surface area contributed by atoms with Crippen molar-refractivity contribution >= 4 is 27.7 Å². The van der Waals surface area contributed by atoms with Crippen LogP contribution < -0.4 is 10.1 Å². The largest absolute Gasteiger partial charge is 0.503 e. The zero-order chi connectivity index (χ0) is 20.5. The van der Waals surface area contributed by atoms with Crippen molar-refractivity contribution in [3.63, 3.8) is 0 Å². The molecule has 0 aliphatic heterocycles. The number of ether oxygens (including phenoxy) is 1. The summed E-state index contributed by atoms with van der Waals surface area (Å²) >= 11 is 1.58. The van der Waals surface area contributed by atoms with E-state index in [-0.39, 0.29) is 0 Å². The van der Waals surface area contributed by atoms with E-state index in [4.69, 9.17) is 19.7 Å². The van der Waals surface area contributed by atoms with E-state index in [1.807, 2.05) is 30.3 Å². The van der Waals surface area contributed by atoms with E-state index in [1.165, 1.54) is 37.7 Å². The molecule has 1 saturated carbocycles. The van der Waals surface area contributed by atoms with Crippen molar-refractivity contribution in [2.75, 3.05) is 6.54 Å². The number of nitrogens with one attached hydrogen (secondary N) is 1. The fourth-order valence-corrected chi connectivity index (χ4v) is 4.28. The number of rotatable bonds is 6. The van der Waals surface area contributed by atoms with Gasteiger partial charge in [-0.25, -0.2) is 9.78 Å². The van der Waals surface area contributed by atoms with Gasteiger partial charge in [-0.1, -0.05) is 54.9 Å². The lowest BCUT2D eigenvalue weighted by Crippen LogP contribution is -2.32. The first kappa shape index (κ1) is 21.1. The Morgan fingerprint density at radius 2 is 1.76 bits per heavy atom. The third-order valence-corrected chi connectivity index (χ3v) is 5.77. The van der Waals surface area contributed by atoms with Crippen molar-refractivity contribution in [2.45, 2.75) is 44.6 Å². The van der Waals surface area contributed by atoms with Gasteiger partial charge in [0.05, 0.1) is 10.2 Å². The minimum absolute atomic E-state index is 0.702. The summed E-state index contributed by atoms with van der Waals surface area (Å²) in [6.07, 6.45) is 6.10. The fraction of sp³-hybridized carbons (Fsp3) is 0.364. The number of hydrogen-bond acceptors (Lipinski definition) is 5. The summed E-state index contributed by atoms with van der Waals surface area (Å²) in [5.41, 5.74) is 2.34. The molecule has 1 aliphatic rings. The van der Waals surface area contributed by atoms with Gasteiger partial charge in [-0.05, 0) is 55.6 Å². The number of carboxylic acid groups (broad SMARTS) is 2. The van der Waals surface area contributed by atoms with Gasteiger partial charge < -0.3 is 20.3 Å². The minimum Gasteiger partial charge on any atom is -0.450 e. The Balaban J connectivity index is 0.000000552. The molecule has 0 bridgehead atoms. The van der Waals surface area contributed by atoms with Crippen LogP contribution in [0.3, 0.4) is 0 Å². The topological polar surface area (TPSA) is 91.7 Å². The lowest BCUT2D eigenvalue weighted by molar-refractivity contribution is 0.137. The SMILES string of the molecule is O=C(O)O.c1ccc2sc(Oc3ccc(CCNC4CCCCC4)cc3)nc2c1. The average Bonchev–Trinajstić information content (AvgIpc) is 3.12. The first-order chi connectivity index (χ1) is 14.1. The minimum atomic E-state index is -1.83. The van der Waals surface area contributed by atoms with E-state index in [0.29, 0.717) is 5.19 Å². The van der Waals surface area contributed by atoms with Crippen LogP contribution in [0.4, 0.5) is 4.79 Å². The Labute approximate surface area is 174 Å². The Hall–Kier alpha value is -2.64. The highest BCUT2D eigenvalue weighted by atomic mass is 32.1. The summed E-state index contributed by atoms with van der Waals surface area (Å²) in [6, 6.07) is 17.3. The van der Waals surface area contributed by atoms with Gasteiger partial charge >= 0.3 is 6.16 Å². The zero-order valence-electron chi connectivity index (χ0n) is 16.2. The zero-order valence-corrected chi connectivity index (χ0v) is 17.0. The van der Waals surface area contributed by atoms with E-state index in [2.05, 4.69) is 28.5 Å². The standard InChI is InChI=1S/C21H24N2OS.CH2O3/c1-2-6-17(7-3-1)22-15-14-16-10-12-18(13-11-16)24-21-23-19-8-4-5-9-20(19)25-21;2-1(3)4/h4-5,8-13,17,22H,1-3,6-7,14-15H2;(H2,2,3,4). The Morgan fingerprint density at radius 3 is 2.45 bits per heavy atom. The van der Waals surface area contributed by atoms with Crippen LogP contribution in [-0.4, -0.2) is 33.9 Å². The maximum Gasteiger partial charge on any atom is 0.503 e. The van der Waals surface area contributed by atoms with E-state index in [1.54, 1.807) is 11.3 Å². The Bertz CT molecular complexity index is 868. The number of aromatic nitrogens is 1. The molecule has 0 atom stereocenters. The number of para-hydroxylation sites is 1. The van der Waals surface area contributed by atoms with Crippen LogP contribution in [0.25, 0.3) is 10.2 Å². The van der Waals surface area contributed by atoms with Crippen LogP contribution in [0.1, 0.15) is 37.7 Å². The third-order valence-electron chi connectivity index (χ3n) is 4.85. The van der Waals surface area contributed by atoms with Crippen LogP contribution in [0.5, 0.6) is 10.9 Å². The van der Waals surface area contributed by atoms with Gasteiger partial charge in [-0.3, -0.25) is 0 Å². The molecule has 0 saturated heterocycles. The molecule has 7 heteroatoms. The van der Waals surface area contributed by atoms with E-state index in [0.717, 1.165) is 35.0 Å². The maximum absolute atomic E-state index is 8.56. The highest BCUT2D eigenvalue weighted by molar-refractivity contribution is 7.20. The summed E-state index contributed by atoms with van der Waals surface area (Å²) in [6.45, 7) is 1.06. The summed E-state index contributed by atoms with van der Waals surface area (Å²) in [7, 11) is 0. The number of nitrogens with zero attached hydrogens (tertiary/aromatic N) is 1. The smallest absolute Gasteiger partial charge is 0.450 e. The van der Waals surface area contributed by atoms with Gasteiger partial charge in [-0.2, -0.15) is 0 Å². The van der Waals surface area contributed by atoms with Gasteiger partial charge in [0.2, 0.25) is 0 Å². The van der Waals surface area contributed by atoms with Gasteiger partial charge in [0.25, 0.3) is 5.19 Å². The summed E-state index contributed by atoms with van der Waals surface area (Å²) in [5, 5.41) is 18.3. The average molecular weight is 415 g/mol. The fourth-order valence-electron chi connectivity index (χ4n) is 3.45. The van der Waals surface area contributed by atoms with Crippen LogP contribution in [-0.2, 0) is 6.42 Å². The molecule has 1 heterocycles. The van der Waals surface area contributed by atoms with E-state index in [9.17, 15) is 0 Å². The van der Waals surface area contributed by atoms with Crippen molar-refractivity contribution in [3.05, 3.63) is 54.1 Å². The van der Waals surface area contributed by atoms with E-state index < -0.39 is 6.16 Å². The summed E-state index contributed by atoms with van der Waals surface area (Å²) in [4.78, 5) is 13.1. The predicted molar refractivity (Wildman–Crippen MR) is 115 cm³/mol. The van der Waals surface area contributed by atoms with Gasteiger partial charge in [0, 0.05) is 6.04 Å². The highest BCUT2D eigenvalue weighted by Gasteiger charge is 2.12. The molecule has 3 aromatic rings. The van der Waals surface area contributed by atoms with Crippen molar-refractivity contribution in [2.24, 2.45) is 0 Å². The molecule has 1 fully saturated rings. The van der Waals surface area contributed by atoms with Crippen molar-refractivity contribution in [1.82, 2.24) is 10.3 Å². The number of carbonyl (C=O) groups is 1. The number of thiazole rings is 1. The number of hydrogen-bond donors (Lipinski definition) is 3. The Kier molecular flexibility index (Phi) is 7.84. The second-order valence-electron chi connectivity index (χ2n) is 7.02. The molecule has 1 aromatic heterocycles. The number of benzene rings is 2. The molecule has 6 nitrogen and oxygen atoms in total. The summed E-state index contributed by atoms with van der Waals surface area (Å²) < 4.78 is 7.07. The molecule has 3 N–H and O–H groups in total. The van der Waals surface area contributed by atoms with Crippen LogP contribution in [0.15, 0.2) is 48.5 Å². The Morgan fingerprint density at radius 1 is 1.07 bits per heavy atom. The molecule has 0 spiro atoms. The molecule has 4 rings (SSSR count). The quantitative estimate of drug-likeness (QED) is 0.474. The molecule has 0 unspecified atom stereocenters. The van der Waals surface area contributed by atoms with E-state index >= 15 is 0 Å².